The van der Waals surface area contributed by atoms with Crippen LogP contribution in [0.2, 0.25) is 5.02 Å². The van der Waals surface area contributed by atoms with Gasteiger partial charge in [0.25, 0.3) is 0 Å². The van der Waals surface area contributed by atoms with Gasteiger partial charge in [0.05, 0.1) is 6.61 Å². The lowest BCUT2D eigenvalue weighted by atomic mass is 10.0. The van der Waals surface area contributed by atoms with Gasteiger partial charge < -0.3 is 9.64 Å². The van der Waals surface area contributed by atoms with Gasteiger partial charge in [-0.1, -0.05) is 55.8 Å². The number of unbranched alkanes of at least 4 members (excludes halogenated alkanes) is 1. The highest BCUT2D eigenvalue weighted by atomic mass is 35.5. The summed E-state index contributed by atoms with van der Waals surface area (Å²) >= 11 is 6.16. The SMILES string of the molecule is CCN(CC)CCCCOc1ccc(Cl)cc1-c1ccccc1.Cl. The molecule has 0 spiro atoms. The van der Waals surface area contributed by atoms with Crippen LogP contribution in [0.3, 0.4) is 0 Å². The van der Waals surface area contributed by atoms with E-state index in [1.165, 1.54) is 0 Å². The van der Waals surface area contributed by atoms with Gasteiger partial charge in [-0.05, 0) is 56.2 Å². The third kappa shape index (κ3) is 6.35. The molecule has 2 aromatic carbocycles. The Morgan fingerprint density at radius 3 is 2.33 bits per heavy atom. The van der Waals surface area contributed by atoms with Crippen LogP contribution in [0.25, 0.3) is 11.1 Å². The van der Waals surface area contributed by atoms with E-state index in [0.29, 0.717) is 0 Å². The minimum Gasteiger partial charge on any atom is -0.493 e. The number of nitrogens with zero attached hydrogens (tertiary/aromatic N) is 1. The fraction of sp³-hybridized carbons (Fsp3) is 0.400. The van der Waals surface area contributed by atoms with Gasteiger partial charge in [-0.2, -0.15) is 0 Å². The molecule has 0 fully saturated rings. The van der Waals surface area contributed by atoms with E-state index >= 15 is 0 Å². The number of ether oxygens (including phenoxy) is 1. The molecule has 2 nitrogen and oxygen atoms in total. The Hall–Kier alpha value is -1.22. The number of hydrogen-bond donors (Lipinski definition) is 0. The monoisotopic (exact) mass is 367 g/mol. The molecule has 0 aliphatic carbocycles. The molecule has 0 radical (unpaired) electrons. The van der Waals surface area contributed by atoms with E-state index in [1.54, 1.807) is 0 Å². The van der Waals surface area contributed by atoms with Crippen molar-refractivity contribution in [2.45, 2.75) is 26.7 Å². The maximum Gasteiger partial charge on any atom is 0.127 e. The van der Waals surface area contributed by atoms with Crippen molar-refractivity contribution in [2.24, 2.45) is 0 Å². The molecule has 0 heterocycles. The van der Waals surface area contributed by atoms with Crippen molar-refractivity contribution in [3.63, 3.8) is 0 Å². The lowest BCUT2D eigenvalue weighted by Crippen LogP contribution is -2.24. The molecule has 0 aliphatic heterocycles. The maximum absolute atomic E-state index is 6.16. The average molecular weight is 368 g/mol. The minimum atomic E-state index is 0. The molecular formula is C20H27Cl2NO. The zero-order chi connectivity index (χ0) is 16.5. The molecule has 0 unspecified atom stereocenters. The van der Waals surface area contributed by atoms with Crippen molar-refractivity contribution in [3.05, 3.63) is 53.6 Å². The van der Waals surface area contributed by atoms with E-state index in [0.717, 1.165) is 61.0 Å². The quantitative estimate of drug-likeness (QED) is 0.509. The highest BCUT2D eigenvalue weighted by molar-refractivity contribution is 6.31. The highest BCUT2D eigenvalue weighted by Crippen LogP contribution is 2.32. The van der Waals surface area contributed by atoms with Crippen LogP contribution in [0.15, 0.2) is 48.5 Å². The summed E-state index contributed by atoms with van der Waals surface area (Å²) in [6, 6.07) is 16.1. The summed E-state index contributed by atoms with van der Waals surface area (Å²) in [5.41, 5.74) is 2.19. The molecule has 2 rings (SSSR count). The Labute approximate surface area is 157 Å². The molecule has 0 aromatic heterocycles. The van der Waals surface area contributed by atoms with E-state index in [2.05, 4.69) is 30.9 Å². The normalized spacial score (nSPS) is 10.5. The van der Waals surface area contributed by atoms with Crippen LogP contribution >= 0.6 is 24.0 Å². The van der Waals surface area contributed by atoms with Crippen molar-refractivity contribution in [3.8, 4) is 16.9 Å². The maximum atomic E-state index is 6.16. The fourth-order valence-electron chi connectivity index (χ4n) is 2.63. The van der Waals surface area contributed by atoms with Crippen LogP contribution in [0.4, 0.5) is 0 Å². The second-order valence-corrected chi connectivity index (χ2v) is 6.03. The summed E-state index contributed by atoms with van der Waals surface area (Å²) in [7, 11) is 0. The lowest BCUT2D eigenvalue weighted by Gasteiger charge is -2.18. The van der Waals surface area contributed by atoms with Crippen LogP contribution in [0, 0.1) is 0 Å². The summed E-state index contributed by atoms with van der Waals surface area (Å²) in [6.07, 6.45) is 2.23. The van der Waals surface area contributed by atoms with Gasteiger partial charge in [-0.25, -0.2) is 0 Å². The largest absolute Gasteiger partial charge is 0.493 e. The van der Waals surface area contributed by atoms with Crippen LogP contribution in [0.5, 0.6) is 5.75 Å². The molecule has 2 aromatic rings. The molecule has 0 amide bonds. The van der Waals surface area contributed by atoms with E-state index in [9.17, 15) is 0 Å². The van der Waals surface area contributed by atoms with Gasteiger partial charge in [-0.3, -0.25) is 0 Å². The summed E-state index contributed by atoms with van der Waals surface area (Å²) in [4.78, 5) is 2.44. The van der Waals surface area contributed by atoms with E-state index in [-0.39, 0.29) is 12.4 Å². The lowest BCUT2D eigenvalue weighted by molar-refractivity contribution is 0.266. The highest BCUT2D eigenvalue weighted by Gasteiger charge is 2.07. The van der Waals surface area contributed by atoms with Crippen molar-refractivity contribution >= 4 is 24.0 Å². The molecule has 0 aliphatic rings. The van der Waals surface area contributed by atoms with E-state index < -0.39 is 0 Å². The fourth-order valence-corrected chi connectivity index (χ4v) is 2.80. The standard InChI is InChI=1S/C20H26ClNO.ClH/c1-3-22(4-2)14-8-9-15-23-20-13-12-18(21)16-19(20)17-10-6-5-7-11-17;/h5-7,10-13,16H,3-4,8-9,14-15H2,1-2H3;1H. The van der Waals surface area contributed by atoms with Crippen LogP contribution in [-0.4, -0.2) is 31.1 Å². The first-order valence-corrected chi connectivity index (χ1v) is 8.82. The molecule has 24 heavy (non-hydrogen) atoms. The van der Waals surface area contributed by atoms with Crippen LogP contribution in [0.1, 0.15) is 26.7 Å². The van der Waals surface area contributed by atoms with Gasteiger partial charge in [-0.15, -0.1) is 12.4 Å². The van der Waals surface area contributed by atoms with Crippen LogP contribution < -0.4 is 4.74 Å². The summed E-state index contributed by atoms with van der Waals surface area (Å²) in [5, 5.41) is 0.734. The zero-order valence-corrected chi connectivity index (χ0v) is 16.1. The number of hydrogen-bond acceptors (Lipinski definition) is 2. The Morgan fingerprint density at radius 2 is 1.67 bits per heavy atom. The first kappa shape index (κ1) is 20.8. The molecule has 0 saturated heterocycles. The predicted molar refractivity (Wildman–Crippen MR) is 107 cm³/mol. The third-order valence-corrected chi connectivity index (χ3v) is 4.28. The van der Waals surface area contributed by atoms with Gasteiger partial charge >= 0.3 is 0 Å². The van der Waals surface area contributed by atoms with E-state index in [1.807, 2.05) is 36.4 Å². The number of halogens is 2. The van der Waals surface area contributed by atoms with Gasteiger partial charge in [0.1, 0.15) is 5.75 Å². The second-order valence-electron chi connectivity index (χ2n) is 5.59. The van der Waals surface area contributed by atoms with Crippen molar-refractivity contribution < 1.29 is 4.74 Å². The summed E-state index contributed by atoms with van der Waals surface area (Å²) < 4.78 is 6.02. The summed E-state index contributed by atoms with van der Waals surface area (Å²) in [5.74, 6) is 0.906. The van der Waals surface area contributed by atoms with Gasteiger partial charge in [0.2, 0.25) is 0 Å². The number of rotatable bonds is 9. The minimum absolute atomic E-state index is 0. The van der Waals surface area contributed by atoms with Crippen molar-refractivity contribution in [1.82, 2.24) is 4.90 Å². The first-order valence-electron chi connectivity index (χ1n) is 8.44. The smallest absolute Gasteiger partial charge is 0.127 e. The first-order chi connectivity index (χ1) is 11.2. The topological polar surface area (TPSA) is 12.5 Å². The Kier molecular flexibility index (Phi) is 9.85. The molecular weight excluding hydrogens is 341 g/mol. The molecule has 0 N–H and O–H groups in total. The predicted octanol–water partition coefficient (Wildman–Crippen LogP) is 5.93. The second kappa shape index (κ2) is 11.4. The summed E-state index contributed by atoms with van der Waals surface area (Å²) in [6.45, 7) is 8.53. The van der Waals surface area contributed by atoms with Crippen molar-refractivity contribution in [1.29, 1.82) is 0 Å². The third-order valence-electron chi connectivity index (χ3n) is 4.05. The molecule has 4 heteroatoms. The molecule has 0 bridgehead atoms. The molecule has 132 valence electrons. The molecule has 0 saturated carbocycles. The van der Waals surface area contributed by atoms with Crippen LogP contribution in [-0.2, 0) is 0 Å². The zero-order valence-electron chi connectivity index (χ0n) is 14.5. The Balaban J connectivity index is 0.00000288. The van der Waals surface area contributed by atoms with Crippen molar-refractivity contribution in [2.75, 3.05) is 26.2 Å². The Bertz CT molecular complexity index is 585. The molecule has 0 atom stereocenters. The average Bonchev–Trinajstić information content (AvgIpc) is 2.60. The Morgan fingerprint density at radius 1 is 0.958 bits per heavy atom. The number of benzene rings is 2. The van der Waals surface area contributed by atoms with Gasteiger partial charge in [0, 0.05) is 10.6 Å². The van der Waals surface area contributed by atoms with E-state index in [4.69, 9.17) is 16.3 Å². The van der Waals surface area contributed by atoms with Gasteiger partial charge in [0.15, 0.2) is 0 Å².